The van der Waals surface area contributed by atoms with Crippen LogP contribution in [0.2, 0.25) is 0 Å². The van der Waals surface area contributed by atoms with E-state index in [2.05, 4.69) is 37.0 Å². The van der Waals surface area contributed by atoms with Gasteiger partial charge in [-0.2, -0.15) is 4.98 Å². The summed E-state index contributed by atoms with van der Waals surface area (Å²) < 4.78 is 5.24. The number of rotatable bonds is 4. The Morgan fingerprint density at radius 3 is 2.41 bits per heavy atom. The quantitative estimate of drug-likeness (QED) is 0.793. The maximum Gasteiger partial charge on any atom is 0.257 e. The van der Waals surface area contributed by atoms with Crippen LogP contribution in [0, 0.1) is 12.8 Å². The molecule has 154 valence electrons. The van der Waals surface area contributed by atoms with Gasteiger partial charge in [-0.3, -0.25) is 9.69 Å². The van der Waals surface area contributed by atoms with Gasteiger partial charge in [0.15, 0.2) is 5.82 Å². The van der Waals surface area contributed by atoms with Crippen LogP contribution >= 0.6 is 0 Å². The molecule has 1 aromatic carbocycles. The molecule has 1 aliphatic carbocycles. The Morgan fingerprint density at radius 2 is 1.79 bits per heavy atom. The van der Waals surface area contributed by atoms with Gasteiger partial charge in [0.2, 0.25) is 5.91 Å². The first-order valence-electron chi connectivity index (χ1n) is 10.9. The molecule has 29 heavy (non-hydrogen) atoms. The number of aryl methyl sites for hydroxylation is 1. The lowest BCUT2D eigenvalue weighted by Crippen LogP contribution is -2.54. The summed E-state index contributed by atoms with van der Waals surface area (Å²) in [5.41, 5.74) is 2.07. The molecule has 1 amide bonds. The lowest BCUT2D eigenvalue weighted by Gasteiger charge is -2.43. The zero-order chi connectivity index (χ0) is 19.8. The first-order chi connectivity index (χ1) is 14.2. The molecule has 0 spiro atoms. The summed E-state index contributed by atoms with van der Waals surface area (Å²) >= 11 is 0. The number of hydrogen-bond donors (Lipinski definition) is 0. The topological polar surface area (TPSA) is 65.7 Å². The molecule has 1 saturated carbocycles. The van der Waals surface area contributed by atoms with Crippen molar-refractivity contribution in [2.24, 2.45) is 5.92 Å². The van der Waals surface area contributed by atoms with Crippen LogP contribution in [-0.4, -0.2) is 71.2 Å². The maximum atomic E-state index is 13.0. The minimum absolute atomic E-state index is 0.114. The summed E-state index contributed by atoms with van der Waals surface area (Å²) in [5, 5.41) is 3.85. The predicted molar refractivity (Wildman–Crippen MR) is 111 cm³/mol. The number of piperazine rings is 1. The van der Waals surface area contributed by atoms with Crippen molar-refractivity contribution in [3.05, 3.63) is 30.1 Å². The van der Waals surface area contributed by atoms with E-state index < -0.39 is 0 Å². The predicted octanol–water partition coefficient (Wildman–Crippen LogP) is 2.57. The largest absolute Gasteiger partial charge is 0.371 e. The van der Waals surface area contributed by atoms with Crippen molar-refractivity contribution < 1.29 is 9.32 Å². The van der Waals surface area contributed by atoms with E-state index in [0.29, 0.717) is 17.6 Å². The van der Waals surface area contributed by atoms with Gasteiger partial charge in [-0.15, -0.1) is 0 Å². The maximum absolute atomic E-state index is 13.0. The molecule has 5 rings (SSSR count). The number of benzene rings is 1. The van der Waals surface area contributed by atoms with Gasteiger partial charge >= 0.3 is 0 Å². The molecule has 1 atom stereocenters. The average molecular weight is 396 g/mol. The van der Waals surface area contributed by atoms with Crippen molar-refractivity contribution in [2.45, 2.75) is 38.6 Å². The third-order valence-electron chi connectivity index (χ3n) is 6.76. The van der Waals surface area contributed by atoms with Gasteiger partial charge in [-0.1, -0.05) is 11.6 Å². The molecule has 1 aromatic heterocycles. The van der Waals surface area contributed by atoms with Crippen molar-refractivity contribution in [3.63, 3.8) is 0 Å². The number of nitrogens with zero attached hydrogens (tertiary/aromatic N) is 5. The lowest BCUT2D eigenvalue weighted by atomic mass is 9.91. The highest BCUT2D eigenvalue weighted by molar-refractivity contribution is 5.80. The van der Waals surface area contributed by atoms with E-state index in [-0.39, 0.29) is 5.92 Å². The molecule has 3 aliphatic rings. The van der Waals surface area contributed by atoms with Crippen LogP contribution in [0.4, 0.5) is 5.69 Å². The van der Waals surface area contributed by atoms with E-state index in [9.17, 15) is 4.79 Å². The first-order valence-corrected chi connectivity index (χ1v) is 10.9. The van der Waals surface area contributed by atoms with E-state index in [1.807, 2.05) is 19.1 Å². The summed E-state index contributed by atoms with van der Waals surface area (Å²) in [4.78, 5) is 24.3. The van der Waals surface area contributed by atoms with E-state index in [1.54, 1.807) is 0 Å². The molecule has 0 radical (unpaired) electrons. The van der Waals surface area contributed by atoms with E-state index in [1.165, 1.54) is 19.3 Å². The number of hydrogen-bond acceptors (Lipinski definition) is 6. The molecule has 3 heterocycles. The number of carbonyl (C=O) groups is 1. The Hall–Kier alpha value is -2.41. The highest BCUT2D eigenvalue weighted by atomic mass is 16.5. The molecule has 2 saturated heterocycles. The minimum atomic E-state index is 0.114. The van der Waals surface area contributed by atoms with Crippen molar-refractivity contribution in [2.75, 3.05) is 44.2 Å². The van der Waals surface area contributed by atoms with Gasteiger partial charge in [-0.05, 0) is 50.5 Å². The molecule has 2 aliphatic heterocycles. The van der Waals surface area contributed by atoms with Crippen LogP contribution in [0.15, 0.2) is 28.8 Å². The minimum Gasteiger partial charge on any atom is -0.371 e. The molecular weight excluding hydrogens is 366 g/mol. The molecule has 0 unspecified atom stereocenters. The zero-order valence-corrected chi connectivity index (χ0v) is 17.1. The third-order valence-corrected chi connectivity index (χ3v) is 6.76. The Balaban J connectivity index is 1.16. The Kier molecular flexibility index (Phi) is 4.99. The second-order valence-corrected chi connectivity index (χ2v) is 8.57. The van der Waals surface area contributed by atoms with Crippen LogP contribution in [0.3, 0.4) is 0 Å². The standard InChI is InChI=1S/C22H29N5O2/c1-16-23-21(29-24-16)17-5-7-20(8-6-17)27-10-9-18(15-27)22(28)26-13-11-25(12-14-26)19-3-2-4-19/h5-8,18-19H,2-4,9-15H2,1H3/t18-/m1/s1. The summed E-state index contributed by atoms with van der Waals surface area (Å²) in [6, 6.07) is 8.97. The van der Waals surface area contributed by atoms with Crippen molar-refractivity contribution in [1.29, 1.82) is 0 Å². The highest BCUT2D eigenvalue weighted by Crippen LogP contribution is 2.29. The van der Waals surface area contributed by atoms with Crippen molar-refractivity contribution >= 4 is 11.6 Å². The molecular formula is C22H29N5O2. The molecule has 7 heteroatoms. The monoisotopic (exact) mass is 395 g/mol. The van der Waals surface area contributed by atoms with E-state index in [0.717, 1.165) is 63.0 Å². The number of carbonyl (C=O) groups excluding carboxylic acids is 1. The Bertz CT molecular complexity index is 852. The average Bonchev–Trinajstić information content (AvgIpc) is 3.36. The third kappa shape index (κ3) is 3.75. The normalized spacial score (nSPS) is 23.4. The van der Waals surface area contributed by atoms with Crippen LogP contribution in [0.25, 0.3) is 11.5 Å². The SMILES string of the molecule is Cc1noc(-c2ccc(N3CC[C@@H](C(=O)N4CCN(C5CCC5)CC4)C3)cc2)n1. The van der Waals surface area contributed by atoms with Gasteiger partial charge in [0.25, 0.3) is 5.89 Å². The Labute approximate surface area is 171 Å². The summed E-state index contributed by atoms with van der Waals surface area (Å²) in [7, 11) is 0. The van der Waals surface area contributed by atoms with Crippen molar-refractivity contribution in [1.82, 2.24) is 19.9 Å². The Morgan fingerprint density at radius 1 is 1.03 bits per heavy atom. The summed E-state index contributed by atoms with van der Waals surface area (Å²) in [6.45, 7) is 7.43. The number of aromatic nitrogens is 2. The smallest absolute Gasteiger partial charge is 0.257 e. The van der Waals surface area contributed by atoms with Gasteiger partial charge in [0, 0.05) is 56.6 Å². The van der Waals surface area contributed by atoms with E-state index in [4.69, 9.17) is 4.52 Å². The summed E-state index contributed by atoms with van der Waals surface area (Å²) in [5.74, 6) is 1.64. The van der Waals surface area contributed by atoms with Crippen LogP contribution in [0.1, 0.15) is 31.5 Å². The van der Waals surface area contributed by atoms with Crippen LogP contribution in [-0.2, 0) is 4.79 Å². The zero-order valence-electron chi connectivity index (χ0n) is 17.1. The fraction of sp³-hybridized carbons (Fsp3) is 0.591. The molecule has 0 N–H and O–H groups in total. The number of anilines is 1. The van der Waals surface area contributed by atoms with Gasteiger partial charge in [0.1, 0.15) is 0 Å². The molecule has 2 aromatic rings. The highest BCUT2D eigenvalue weighted by Gasteiger charge is 2.34. The van der Waals surface area contributed by atoms with E-state index >= 15 is 0 Å². The van der Waals surface area contributed by atoms with Crippen molar-refractivity contribution in [3.8, 4) is 11.5 Å². The first kappa shape index (κ1) is 18.6. The van der Waals surface area contributed by atoms with Crippen LogP contribution < -0.4 is 4.90 Å². The number of amides is 1. The fourth-order valence-electron chi connectivity index (χ4n) is 4.74. The van der Waals surface area contributed by atoms with Gasteiger partial charge < -0.3 is 14.3 Å². The second-order valence-electron chi connectivity index (χ2n) is 8.57. The molecule has 0 bridgehead atoms. The van der Waals surface area contributed by atoms with Gasteiger partial charge in [0.05, 0.1) is 5.92 Å². The lowest BCUT2D eigenvalue weighted by molar-refractivity contribution is -0.137. The van der Waals surface area contributed by atoms with Gasteiger partial charge in [-0.25, -0.2) is 0 Å². The molecule has 3 fully saturated rings. The fourth-order valence-corrected chi connectivity index (χ4v) is 4.74. The molecule has 7 nitrogen and oxygen atoms in total. The summed E-state index contributed by atoms with van der Waals surface area (Å²) in [6.07, 6.45) is 5.00. The second kappa shape index (κ2) is 7.78. The van der Waals surface area contributed by atoms with Crippen LogP contribution in [0.5, 0.6) is 0 Å².